The SMILES string of the molecule is CCCC[N+]1(C)CCCC1.O=S(=O)([N-]S(=O)(=O)C(F)(F)F)C(F)(F)F.[C-]#[N+]C([N+]#[C-])c1ccc(-c2ccc(C(C#N)C#N)cc2)cc1. The van der Waals surface area contributed by atoms with Gasteiger partial charge in [-0.05, 0) is 35.2 Å². The first-order valence-electron chi connectivity index (χ1n) is 13.6. The van der Waals surface area contributed by atoms with Gasteiger partial charge in [0.15, 0.2) is 26.0 Å². The van der Waals surface area contributed by atoms with Crippen molar-refractivity contribution in [1.29, 1.82) is 10.5 Å². The number of quaternary nitrogens is 1. The zero-order valence-electron chi connectivity index (χ0n) is 25.1. The lowest BCUT2D eigenvalue weighted by Crippen LogP contribution is -2.41. The van der Waals surface area contributed by atoms with Crippen LogP contribution < -0.4 is 0 Å². The molecular formula is C29H30F6N6O4S2. The molecule has 18 heteroatoms. The summed E-state index contributed by atoms with van der Waals surface area (Å²) < 4.78 is 111. The molecule has 1 aliphatic rings. The van der Waals surface area contributed by atoms with Crippen molar-refractivity contribution in [3.63, 3.8) is 0 Å². The van der Waals surface area contributed by atoms with Gasteiger partial charge in [-0.1, -0.05) is 49.7 Å². The number of nitriles is 2. The van der Waals surface area contributed by atoms with Gasteiger partial charge in [0.1, 0.15) is 5.56 Å². The minimum absolute atomic E-state index is 0.673. The van der Waals surface area contributed by atoms with Crippen molar-refractivity contribution in [3.05, 3.63) is 86.6 Å². The van der Waals surface area contributed by atoms with Crippen molar-refractivity contribution >= 4 is 20.0 Å². The Balaban J connectivity index is 0.000000383. The van der Waals surface area contributed by atoms with Crippen molar-refractivity contribution in [1.82, 2.24) is 0 Å². The van der Waals surface area contributed by atoms with Gasteiger partial charge in [0.25, 0.3) is 0 Å². The molecule has 254 valence electrons. The molecule has 0 aliphatic carbocycles. The van der Waals surface area contributed by atoms with E-state index in [-0.39, 0.29) is 0 Å². The van der Waals surface area contributed by atoms with Crippen molar-refractivity contribution in [2.75, 3.05) is 26.7 Å². The van der Waals surface area contributed by atoms with Gasteiger partial charge in [-0.15, -0.1) is 0 Å². The molecule has 10 nitrogen and oxygen atoms in total. The summed E-state index contributed by atoms with van der Waals surface area (Å²) in [6.45, 7) is 20.5. The smallest absolute Gasteiger partial charge is 0.421 e. The molecule has 1 aliphatic heterocycles. The largest absolute Gasteiger partial charge is 0.502 e. The maximum absolute atomic E-state index is 11.4. The third-order valence-corrected chi connectivity index (χ3v) is 9.51. The fourth-order valence-corrected chi connectivity index (χ4v) is 5.86. The van der Waals surface area contributed by atoms with Crippen LogP contribution >= 0.6 is 0 Å². The highest BCUT2D eigenvalue weighted by atomic mass is 32.3. The molecule has 47 heavy (non-hydrogen) atoms. The predicted octanol–water partition coefficient (Wildman–Crippen LogP) is 7.41. The minimum atomic E-state index is -6.72. The summed E-state index contributed by atoms with van der Waals surface area (Å²) >= 11 is 0. The van der Waals surface area contributed by atoms with Gasteiger partial charge in [0.2, 0.25) is 0 Å². The van der Waals surface area contributed by atoms with E-state index in [9.17, 15) is 43.2 Å². The molecule has 0 bridgehead atoms. The Labute approximate surface area is 270 Å². The molecule has 2 aromatic rings. The van der Waals surface area contributed by atoms with Crippen LogP contribution in [0.1, 0.15) is 55.8 Å². The van der Waals surface area contributed by atoms with Gasteiger partial charge in [-0.25, -0.2) is 39.7 Å². The highest BCUT2D eigenvalue weighted by molar-refractivity contribution is 8.13. The number of halogens is 6. The lowest BCUT2D eigenvalue weighted by Gasteiger charge is -2.28. The fraction of sp³-hybridized carbons (Fsp3) is 0.448. The molecule has 1 saturated heterocycles. The fourth-order valence-electron chi connectivity index (χ4n) is 4.15. The Morgan fingerprint density at radius 2 is 1.19 bits per heavy atom. The number of hydrogen-bond donors (Lipinski definition) is 0. The number of unbranched alkanes of at least 4 members (excludes halogenated alkanes) is 1. The summed E-state index contributed by atoms with van der Waals surface area (Å²) in [7, 11) is -11.0. The summed E-state index contributed by atoms with van der Waals surface area (Å²) in [6, 6.07) is 18.4. The van der Waals surface area contributed by atoms with E-state index in [0.717, 1.165) is 15.3 Å². The molecule has 0 aromatic heterocycles. The molecule has 0 radical (unpaired) electrons. The van der Waals surface area contributed by atoms with Gasteiger partial charge in [0.05, 0.1) is 38.8 Å². The lowest BCUT2D eigenvalue weighted by molar-refractivity contribution is -0.897. The van der Waals surface area contributed by atoms with E-state index in [1.807, 2.05) is 36.4 Å². The molecule has 1 heterocycles. The maximum Gasteiger partial charge on any atom is 0.502 e. The highest BCUT2D eigenvalue weighted by Crippen LogP contribution is 2.36. The van der Waals surface area contributed by atoms with E-state index >= 15 is 0 Å². The van der Waals surface area contributed by atoms with Gasteiger partial charge in [-0.2, -0.15) is 36.9 Å². The van der Waals surface area contributed by atoms with E-state index in [1.165, 1.54) is 49.8 Å². The first kappa shape index (κ1) is 40.8. The molecule has 1 fully saturated rings. The van der Waals surface area contributed by atoms with Crippen LogP contribution in [-0.4, -0.2) is 59.0 Å². The van der Waals surface area contributed by atoms with Crippen molar-refractivity contribution in [3.8, 4) is 23.3 Å². The Bertz CT molecular complexity index is 1570. The van der Waals surface area contributed by atoms with Crippen LogP contribution in [0.3, 0.4) is 0 Å². The molecule has 0 amide bonds. The first-order valence-corrected chi connectivity index (χ1v) is 16.5. The highest BCUT2D eigenvalue weighted by Gasteiger charge is 2.47. The monoisotopic (exact) mass is 704 g/mol. The van der Waals surface area contributed by atoms with E-state index < -0.39 is 43.1 Å². The molecule has 0 atom stereocenters. The summed E-state index contributed by atoms with van der Waals surface area (Å²) in [5.74, 6) is -0.755. The third kappa shape index (κ3) is 12.2. The van der Waals surface area contributed by atoms with Crippen LogP contribution in [0.4, 0.5) is 26.3 Å². The Morgan fingerprint density at radius 3 is 1.51 bits per heavy atom. The summed E-state index contributed by atoms with van der Waals surface area (Å²) in [5, 5.41) is 17.7. The van der Waals surface area contributed by atoms with Gasteiger partial charge >= 0.3 is 17.2 Å². The van der Waals surface area contributed by atoms with Crippen LogP contribution in [0, 0.1) is 35.8 Å². The number of nitrogens with zero attached hydrogens (tertiary/aromatic N) is 6. The Kier molecular flexibility index (Phi) is 14.8. The van der Waals surface area contributed by atoms with E-state index in [2.05, 4.69) is 23.7 Å². The second-order valence-electron chi connectivity index (χ2n) is 10.3. The third-order valence-electron chi connectivity index (χ3n) is 6.77. The normalized spacial score (nSPS) is 14.3. The molecule has 0 saturated carbocycles. The second kappa shape index (κ2) is 17.1. The second-order valence-corrected chi connectivity index (χ2v) is 13.8. The first-order chi connectivity index (χ1) is 21.7. The molecule has 3 rings (SSSR count). The zero-order chi connectivity index (χ0) is 36.1. The summed E-state index contributed by atoms with van der Waals surface area (Å²) in [4.78, 5) is 6.53. The summed E-state index contributed by atoms with van der Waals surface area (Å²) in [6.07, 6.45) is 4.90. The standard InChI is InChI=1S/C18H10N4.C9H20N.C2F6NO4S2/c1-21-18(22-2)16-9-7-14(8-10-16)13-3-5-15(6-4-13)17(11-19)12-20;1-3-4-7-10(2)8-5-6-9-10;3-1(4,5)14(10,11)9-15(12,13)2(6,7)8/h3-10,17-18H;3-9H2,1-2H3;/q;+1;-1. The number of sulfonamides is 2. The van der Waals surface area contributed by atoms with Crippen LogP contribution in [0.25, 0.3) is 24.9 Å². The van der Waals surface area contributed by atoms with E-state index in [4.69, 9.17) is 23.7 Å². The summed E-state index contributed by atoms with van der Waals surface area (Å²) in [5.41, 5.74) is -9.15. The quantitative estimate of drug-likeness (QED) is 0.159. The molecule has 2 aromatic carbocycles. The average molecular weight is 705 g/mol. The average Bonchev–Trinajstić information content (AvgIpc) is 3.43. The number of hydrogen-bond acceptors (Lipinski definition) is 6. The molecule has 0 N–H and O–H groups in total. The van der Waals surface area contributed by atoms with Gasteiger partial charge < -0.3 is 8.61 Å². The van der Waals surface area contributed by atoms with Crippen LogP contribution in [0.5, 0.6) is 0 Å². The van der Waals surface area contributed by atoms with Crippen molar-refractivity contribution in [2.24, 2.45) is 0 Å². The van der Waals surface area contributed by atoms with Gasteiger partial charge in [-0.3, -0.25) is 0 Å². The van der Waals surface area contributed by atoms with Crippen LogP contribution in [-0.2, 0) is 20.0 Å². The van der Waals surface area contributed by atoms with E-state index in [1.54, 1.807) is 24.3 Å². The Hall–Kier alpha value is -4.20. The number of rotatable bonds is 8. The van der Waals surface area contributed by atoms with Crippen molar-refractivity contribution < 1.29 is 47.7 Å². The molecule has 0 spiro atoms. The Morgan fingerprint density at radius 1 is 0.809 bits per heavy atom. The maximum atomic E-state index is 11.4. The number of alkyl halides is 6. The van der Waals surface area contributed by atoms with Gasteiger partial charge in [0, 0.05) is 12.8 Å². The number of benzene rings is 2. The lowest BCUT2D eigenvalue weighted by atomic mass is 9.97. The minimum Gasteiger partial charge on any atom is -0.421 e. The van der Waals surface area contributed by atoms with Crippen LogP contribution in [0.2, 0.25) is 0 Å². The number of likely N-dealkylation sites (tertiary alicyclic amines) is 1. The van der Waals surface area contributed by atoms with E-state index in [0.29, 0.717) is 11.1 Å². The predicted molar refractivity (Wildman–Crippen MR) is 160 cm³/mol. The zero-order valence-corrected chi connectivity index (χ0v) is 26.8. The van der Waals surface area contributed by atoms with Crippen LogP contribution in [0.15, 0.2) is 48.5 Å². The van der Waals surface area contributed by atoms with Crippen molar-refractivity contribution in [2.45, 2.75) is 55.7 Å². The molecule has 0 unspecified atom stereocenters. The topological polar surface area (TPSA) is 139 Å². The molecular weight excluding hydrogens is 674 g/mol.